The van der Waals surface area contributed by atoms with Gasteiger partial charge in [0.15, 0.2) is 0 Å². The lowest BCUT2D eigenvalue weighted by Gasteiger charge is -2.07. The molecule has 2 aromatic carbocycles. The van der Waals surface area contributed by atoms with Crippen LogP contribution in [0.25, 0.3) is 0 Å². The molecular weight excluding hydrogens is 314 g/mol. The standard InChI is InChI=1S/C17H20BrNO/c1-2-19-11-14-7-9-15(10-8-14)12-20-13-16-5-3-4-6-17(16)18/h3-10,19H,2,11-13H2,1H3. The van der Waals surface area contributed by atoms with Crippen molar-refractivity contribution in [3.05, 3.63) is 69.7 Å². The normalized spacial score (nSPS) is 10.7. The van der Waals surface area contributed by atoms with Crippen molar-refractivity contribution in [2.24, 2.45) is 0 Å². The average molecular weight is 334 g/mol. The summed E-state index contributed by atoms with van der Waals surface area (Å²) in [5.74, 6) is 0. The van der Waals surface area contributed by atoms with Gasteiger partial charge in [0.25, 0.3) is 0 Å². The first-order valence-electron chi connectivity index (χ1n) is 6.89. The van der Waals surface area contributed by atoms with Crippen molar-refractivity contribution in [2.75, 3.05) is 6.54 Å². The molecule has 0 aliphatic heterocycles. The summed E-state index contributed by atoms with van der Waals surface area (Å²) in [6, 6.07) is 16.7. The van der Waals surface area contributed by atoms with E-state index in [1.807, 2.05) is 18.2 Å². The van der Waals surface area contributed by atoms with Gasteiger partial charge in [-0.1, -0.05) is 65.3 Å². The van der Waals surface area contributed by atoms with Crippen LogP contribution < -0.4 is 5.32 Å². The largest absolute Gasteiger partial charge is 0.372 e. The van der Waals surface area contributed by atoms with Crippen LogP contribution in [0.4, 0.5) is 0 Å². The van der Waals surface area contributed by atoms with Gasteiger partial charge in [-0.3, -0.25) is 0 Å². The molecular formula is C17H20BrNO. The molecule has 106 valence electrons. The smallest absolute Gasteiger partial charge is 0.0732 e. The van der Waals surface area contributed by atoms with Crippen LogP contribution in [0.15, 0.2) is 53.0 Å². The van der Waals surface area contributed by atoms with Crippen molar-refractivity contribution in [1.82, 2.24) is 5.32 Å². The third kappa shape index (κ3) is 4.75. The molecule has 20 heavy (non-hydrogen) atoms. The van der Waals surface area contributed by atoms with Gasteiger partial charge < -0.3 is 10.1 Å². The van der Waals surface area contributed by atoms with Crippen LogP contribution in [0, 0.1) is 0 Å². The second kappa shape index (κ2) is 8.20. The summed E-state index contributed by atoms with van der Waals surface area (Å²) < 4.78 is 6.86. The lowest BCUT2D eigenvalue weighted by atomic mass is 10.1. The molecule has 0 radical (unpaired) electrons. The minimum absolute atomic E-state index is 0.626. The van der Waals surface area contributed by atoms with Gasteiger partial charge in [0.1, 0.15) is 0 Å². The van der Waals surface area contributed by atoms with Crippen molar-refractivity contribution in [1.29, 1.82) is 0 Å². The Labute approximate surface area is 129 Å². The van der Waals surface area contributed by atoms with Crippen LogP contribution in [0.5, 0.6) is 0 Å². The highest BCUT2D eigenvalue weighted by atomic mass is 79.9. The summed E-state index contributed by atoms with van der Waals surface area (Å²) >= 11 is 3.53. The van der Waals surface area contributed by atoms with Crippen LogP contribution in [-0.2, 0) is 24.5 Å². The second-order valence-corrected chi connectivity index (χ2v) is 5.54. The molecule has 2 aromatic rings. The summed E-state index contributed by atoms with van der Waals surface area (Å²) in [6.07, 6.45) is 0. The molecule has 0 aliphatic rings. The lowest BCUT2D eigenvalue weighted by molar-refractivity contribution is 0.107. The summed E-state index contributed by atoms with van der Waals surface area (Å²) in [7, 11) is 0. The molecule has 0 heterocycles. The highest BCUT2D eigenvalue weighted by molar-refractivity contribution is 9.10. The Hall–Kier alpha value is -1.16. The fourth-order valence-corrected chi connectivity index (χ4v) is 2.32. The van der Waals surface area contributed by atoms with E-state index < -0.39 is 0 Å². The molecule has 2 rings (SSSR count). The maximum Gasteiger partial charge on any atom is 0.0732 e. The molecule has 0 unspecified atom stereocenters. The molecule has 0 atom stereocenters. The molecule has 2 nitrogen and oxygen atoms in total. The molecule has 1 N–H and O–H groups in total. The van der Waals surface area contributed by atoms with Gasteiger partial charge in [0.2, 0.25) is 0 Å². The molecule has 0 amide bonds. The molecule has 0 fully saturated rings. The molecule has 0 spiro atoms. The summed E-state index contributed by atoms with van der Waals surface area (Å²) in [5.41, 5.74) is 3.69. The Morgan fingerprint density at radius 1 is 0.950 bits per heavy atom. The molecule has 0 aromatic heterocycles. The maximum atomic E-state index is 5.76. The second-order valence-electron chi connectivity index (χ2n) is 4.68. The molecule has 3 heteroatoms. The van der Waals surface area contributed by atoms with E-state index in [4.69, 9.17) is 4.74 Å². The van der Waals surface area contributed by atoms with Crippen molar-refractivity contribution in [3.63, 3.8) is 0 Å². The number of hydrogen-bond donors (Lipinski definition) is 1. The highest BCUT2D eigenvalue weighted by Crippen LogP contribution is 2.17. The zero-order valence-electron chi connectivity index (χ0n) is 11.7. The summed E-state index contributed by atoms with van der Waals surface area (Å²) in [4.78, 5) is 0. The Morgan fingerprint density at radius 2 is 1.65 bits per heavy atom. The molecule has 0 saturated heterocycles. The summed E-state index contributed by atoms with van der Waals surface area (Å²) in [6.45, 7) is 5.30. The number of nitrogens with one attached hydrogen (secondary N) is 1. The first-order valence-corrected chi connectivity index (χ1v) is 7.68. The topological polar surface area (TPSA) is 21.3 Å². The Morgan fingerprint density at radius 3 is 2.35 bits per heavy atom. The number of rotatable bonds is 7. The maximum absolute atomic E-state index is 5.76. The van der Waals surface area contributed by atoms with Gasteiger partial charge in [0.05, 0.1) is 13.2 Å². The van der Waals surface area contributed by atoms with Crippen molar-refractivity contribution in [3.8, 4) is 0 Å². The van der Waals surface area contributed by atoms with E-state index in [0.29, 0.717) is 13.2 Å². The van der Waals surface area contributed by atoms with Gasteiger partial charge in [-0.25, -0.2) is 0 Å². The monoisotopic (exact) mass is 333 g/mol. The van der Waals surface area contributed by atoms with Crippen LogP contribution >= 0.6 is 15.9 Å². The Balaban J connectivity index is 1.81. The van der Waals surface area contributed by atoms with E-state index in [1.165, 1.54) is 16.7 Å². The van der Waals surface area contributed by atoms with E-state index in [2.05, 4.69) is 58.5 Å². The Kier molecular flexibility index (Phi) is 6.25. The van der Waals surface area contributed by atoms with E-state index in [1.54, 1.807) is 0 Å². The number of benzene rings is 2. The number of halogens is 1. The van der Waals surface area contributed by atoms with Gasteiger partial charge >= 0.3 is 0 Å². The van der Waals surface area contributed by atoms with Gasteiger partial charge in [-0.05, 0) is 29.3 Å². The highest BCUT2D eigenvalue weighted by Gasteiger charge is 1.99. The minimum atomic E-state index is 0.626. The van der Waals surface area contributed by atoms with Gasteiger partial charge in [-0.15, -0.1) is 0 Å². The van der Waals surface area contributed by atoms with Crippen LogP contribution in [0.2, 0.25) is 0 Å². The van der Waals surface area contributed by atoms with Crippen LogP contribution in [0.3, 0.4) is 0 Å². The zero-order chi connectivity index (χ0) is 14.2. The van der Waals surface area contributed by atoms with Crippen molar-refractivity contribution >= 4 is 15.9 Å². The lowest BCUT2D eigenvalue weighted by Crippen LogP contribution is -2.11. The van der Waals surface area contributed by atoms with Crippen molar-refractivity contribution < 1.29 is 4.74 Å². The molecule has 0 bridgehead atoms. The van der Waals surface area contributed by atoms with Crippen molar-refractivity contribution in [2.45, 2.75) is 26.7 Å². The SMILES string of the molecule is CCNCc1ccc(COCc2ccccc2Br)cc1. The number of hydrogen-bond acceptors (Lipinski definition) is 2. The summed E-state index contributed by atoms with van der Waals surface area (Å²) in [5, 5.41) is 3.32. The first kappa shape index (κ1) is 15.2. The number of ether oxygens (including phenoxy) is 1. The van der Waals surface area contributed by atoms with E-state index >= 15 is 0 Å². The quantitative estimate of drug-likeness (QED) is 0.816. The fourth-order valence-electron chi connectivity index (χ4n) is 1.92. The third-order valence-electron chi connectivity index (χ3n) is 3.09. The average Bonchev–Trinajstić information content (AvgIpc) is 2.48. The third-order valence-corrected chi connectivity index (χ3v) is 3.86. The Bertz CT molecular complexity index is 525. The van der Waals surface area contributed by atoms with Crippen LogP contribution in [-0.4, -0.2) is 6.54 Å². The first-order chi connectivity index (χ1) is 9.79. The molecule has 0 aliphatic carbocycles. The predicted octanol–water partition coefficient (Wildman–Crippen LogP) is 4.28. The van der Waals surface area contributed by atoms with Gasteiger partial charge in [0, 0.05) is 11.0 Å². The van der Waals surface area contributed by atoms with E-state index in [0.717, 1.165) is 17.6 Å². The van der Waals surface area contributed by atoms with E-state index in [-0.39, 0.29) is 0 Å². The fraction of sp³-hybridized carbons (Fsp3) is 0.294. The van der Waals surface area contributed by atoms with E-state index in [9.17, 15) is 0 Å². The predicted molar refractivity (Wildman–Crippen MR) is 86.5 cm³/mol. The van der Waals surface area contributed by atoms with Crippen LogP contribution in [0.1, 0.15) is 23.6 Å². The molecule has 0 saturated carbocycles. The minimum Gasteiger partial charge on any atom is -0.372 e. The van der Waals surface area contributed by atoms with Gasteiger partial charge in [-0.2, -0.15) is 0 Å². The zero-order valence-corrected chi connectivity index (χ0v) is 13.3.